The molecule has 510 valence electrons. The van der Waals surface area contributed by atoms with E-state index in [1.54, 1.807) is 0 Å². The van der Waals surface area contributed by atoms with Crippen LogP contribution in [0.2, 0.25) is 0 Å². The molecule has 105 heavy (non-hydrogen) atoms. The van der Waals surface area contributed by atoms with E-state index in [1.165, 1.54) is 105 Å². The summed E-state index contributed by atoms with van der Waals surface area (Å²) in [7, 11) is 0. The van der Waals surface area contributed by atoms with Crippen molar-refractivity contribution < 1.29 is 0 Å². The van der Waals surface area contributed by atoms with E-state index in [-0.39, 0.29) is 28.4 Å². The smallest absolute Gasteiger partial charge is 0.252 e. The quantitative estimate of drug-likeness (QED) is 0.134. The summed E-state index contributed by atoms with van der Waals surface area (Å²) in [6.45, 7) is 28.0. The minimum Gasteiger partial charge on any atom is -0.311 e. The number of hydrogen-bond donors (Lipinski definition) is 0. The van der Waals surface area contributed by atoms with Crippen LogP contribution < -0.4 is 26.2 Å². The van der Waals surface area contributed by atoms with Gasteiger partial charge in [-0.25, -0.2) is 0 Å². The standard InChI is InChI=1S/C100H87BN4/c1-97(2,3)72-52-70(53-73(58-72)98(4,5)6)78-41-25-29-45-86(78)104-92-60-82-80-43-27-31-47-88(80)102(76-37-21-15-22-38-76)90(82)62-84(92)101-85-63-91-83(81-44-28-32-48-89(81)103(91)77-39-23-16-24-40-77)61-93(85)105(87-46-30-26-42-79(87)71-54-74(99(7,8)9)59-75(55-71)100(10,11)12)95-57-69(56-94(104)96(95)101)68-50-66(64-33-17-13-18-34-64)49-67(51-68)65-35-19-14-20-36-65/h13-63H,1-12H3. The SMILES string of the molecule is CC(C)(C)c1cc(-c2ccccc2N2c3cc4c5ccccc5n(-c5ccccc5)c4cc3B3c4cc5c(cc4N(c4ccccc4-c4cc(C(C)(C)C)cc(C(C)(C)C)c4)c4cc(-c6cc(-c7ccccc7)cc(-c7ccccc7)c6)cc2c43)c2ccccc2n5-c2ccccc2)cc(C(C)(C)C)c1. The van der Waals surface area contributed by atoms with Gasteiger partial charge in [0.05, 0.1) is 33.4 Å². The Labute approximate surface area is 619 Å². The van der Waals surface area contributed by atoms with Crippen LogP contribution in [0, 0.1) is 0 Å². The van der Waals surface area contributed by atoms with Gasteiger partial charge in [0.15, 0.2) is 0 Å². The van der Waals surface area contributed by atoms with Crippen LogP contribution in [0.4, 0.5) is 34.1 Å². The van der Waals surface area contributed by atoms with Crippen LogP contribution in [0.15, 0.2) is 309 Å². The van der Waals surface area contributed by atoms with Crippen LogP contribution in [-0.2, 0) is 21.7 Å². The number of nitrogens with zero attached hydrogens (tertiary/aromatic N) is 4. The topological polar surface area (TPSA) is 16.3 Å². The van der Waals surface area contributed by atoms with Crippen molar-refractivity contribution in [3.63, 3.8) is 0 Å². The summed E-state index contributed by atoms with van der Waals surface area (Å²) < 4.78 is 5.03. The molecule has 0 N–H and O–H groups in total. The van der Waals surface area contributed by atoms with Gasteiger partial charge >= 0.3 is 0 Å². The molecule has 4 nitrogen and oxygen atoms in total. The lowest BCUT2D eigenvalue weighted by Crippen LogP contribution is -2.61. The normalized spacial score (nSPS) is 13.1. The lowest BCUT2D eigenvalue weighted by Gasteiger charge is -2.45. The number of benzene rings is 14. The molecule has 0 radical (unpaired) electrons. The lowest BCUT2D eigenvalue weighted by atomic mass is 9.33. The molecule has 16 aromatic rings. The average Bonchev–Trinajstić information content (AvgIpc) is 1.64. The lowest BCUT2D eigenvalue weighted by molar-refractivity contribution is 0.568. The molecule has 2 aliphatic heterocycles. The Kier molecular flexibility index (Phi) is 15.3. The third kappa shape index (κ3) is 11.1. The first-order valence-electron chi connectivity index (χ1n) is 37.4. The average molecular weight is 1360 g/mol. The van der Waals surface area contributed by atoms with E-state index in [0.29, 0.717) is 0 Å². The molecular formula is C100H87BN4. The van der Waals surface area contributed by atoms with Gasteiger partial charge in [0.2, 0.25) is 0 Å². The minimum atomic E-state index is -0.289. The van der Waals surface area contributed by atoms with Gasteiger partial charge in [-0.1, -0.05) is 289 Å². The van der Waals surface area contributed by atoms with Gasteiger partial charge in [-0.3, -0.25) is 0 Å². The Morgan fingerprint density at radius 1 is 0.219 bits per heavy atom. The first kappa shape index (κ1) is 65.4. The molecule has 0 amide bonds. The van der Waals surface area contributed by atoms with Crippen molar-refractivity contribution in [3.8, 4) is 67.0 Å². The summed E-state index contributed by atoms with van der Waals surface area (Å²) in [6, 6.07) is 118. The molecule has 0 saturated carbocycles. The minimum absolute atomic E-state index is 0.123. The Hall–Kier alpha value is -11.7. The first-order chi connectivity index (χ1) is 50.6. The second kappa shape index (κ2) is 24.5. The molecule has 0 fully saturated rings. The highest BCUT2D eigenvalue weighted by molar-refractivity contribution is 7.00. The summed E-state index contributed by atoms with van der Waals surface area (Å²) in [4.78, 5) is 5.41. The second-order valence-corrected chi connectivity index (χ2v) is 33.4. The predicted molar refractivity (Wildman–Crippen MR) is 451 cm³/mol. The van der Waals surface area contributed by atoms with Crippen LogP contribution in [0.5, 0.6) is 0 Å². The van der Waals surface area contributed by atoms with Crippen LogP contribution >= 0.6 is 0 Å². The molecule has 0 saturated heterocycles. The number of para-hydroxylation sites is 6. The van der Waals surface area contributed by atoms with Crippen molar-refractivity contribution in [2.24, 2.45) is 0 Å². The highest BCUT2D eigenvalue weighted by Gasteiger charge is 2.46. The molecule has 14 aromatic carbocycles. The molecule has 0 aliphatic carbocycles. The Morgan fingerprint density at radius 3 is 0.905 bits per heavy atom. The summed E-state index contributed by atoms with van der Waals surface area (Å²) in [6.07, 6.45) is 0. The number of rotatable bonds is 9. The van der Waals surface area contributed by atoms with Crippen LogP contribution in [-0.4, -0.2) is 15.8 Å². The van der Waals surface area contributed by atoms with Crippen LogP contribution in [0.25, 0.3) is 111 Å². The molecule has 2 aromatic heterocycles. The maximum Gasteiger partial charge on any atom is 0.252 e. The fourth-order valence-electron chi connectivity index (χ4n) is 16.8. The summed E-state index contributed by atoms with van der Waals surface area (Å²) >= 11 is 0. The molecular weight excluding hydrogens is 1270 g/mol. The number of fused-ring (bicyclic) bond motifs is 10. The largest absolute Gasteiger partial charge is 0.311 e. The number of anilines is 6. The second-order valence-electron chi connectivity index (χ2n) is 33.4. The molecule has 2 aliphatic rings. The molecule has 18 rings (SSSR count). The van der Waals surface area contributed by atoms with Crippen molar-refractivity contribution in [2.75, 3.05) is 9.80 Å². The summed E-state index contributed by atoms with van der Waals surface area (Å²) in [5.41, 5.74) is 33.8. The fraction of sp³-hybridized carbons (Fsp3) is 0.160. The first-order valence-corrected chi connectivity index (χ1v) is 37.4. The zero-order valence-electron chi connectivity index (χ0n) is 62.3. The van der Waals surface area contributed by atoms with Gasteiger partial charge in [-0.15, -0.1) is 0 Å². The zero-order chi connectivity index (χ0) is 72.0. The van der Waals surface area contributed by atoms with Gasteiger partial charge in [0.25, 0.3) is 6.71 Å². The monoisotopic (exact) mass is 1350 g/mol. The molecule has 0 unspecified atom stereocenters. The van der Waals surface area contributed by atoms with Crippen LogP contribution in [0.3, 0.4) is 0 Å². The van der Waals surface area contributed by atoms with Crippen molar-refractivity contribution in [1.29, 1.82) is 0 Å². The Bertz CT molecular complexity index is 5700. The van der Waals surface area contributed by atoms with E-state index in [2.05, 4.69) is 411 Å². The Morgan fingerprint density at radius 2 is 0.533 bits per heavy atom. The van der Waals surface area contributed by atoms with E-state index >= 15 is 0 Å². The van der Waals surface area contributed by atoms with Crippen LogP contribution in [0.1, 0.15) is 105 Å². The molecule has 0 atom stereocenters. The van der Waals surface area contributed by atoms with Gasteiger partial charge in [-0.2, -0.15) is 0 Å². The van der Waals surface area contributed by atoms with E-state index < -0.39 is 0 Å². The van der Waals surface area contributed by atoms with Crippen molar-refractivity contribution in [2.45, 2.75) is 105 Å². The number of hydrogen-bond acceptors (Lipinski definition) is 2. The van der Waals surface area contributed by atoms with Crippen molar-refractivity contribution in [1.82, 2.24) is 9.13 Å². The van der Waals surface area contributed by atoms with Gasteiger partial charge < -0.3 is 18.9 Å². The van der Waals surface area contributed by atoms with E-state index in [1.807, 2.05) is 0 Å². The maximum atomic E-state index is 2.70. The van der Waals surface area contributed by atoms with E-state index in [9.17, 15) is 0 Å². The van der Waals surface area contributed by atoms with Gasteiger partial charge in [0.1, 0.15) is 0 Å². The van der Waals surface area contributed by atoms with Crippen molar-refractivity contribution >= 4 is 101 Å². The third-order valence-corrected chi connectivity index (χ3v) is 22.4. The van der Waals surface area contributed by atoms with E-state index in [4.69, 9.17) is 0 Å². The summed E-state index contributed by atoms with van der Waals surface area (Å²) in [5.74, 6) is 0. The van der Waals surface area contributed by atoms with Gasteiger partial charge in [-0.05, 0) is 208 Å². The van der Waals surface area contributed by atoms with Gasteiger partial charge in [0, 0.05) is 66.8 Å². The Balaban J connectivity index is 1.04. The highest BCUT2D eigenvalue weighted by Crippen LogP contribution is 2.53. The fourth-order valence-corrected chi connectivity index (χ4v) is 16.8. The predicted octanol–water partition coefficient (Wildman–Crippen LogP) is 25.5. The molecule has 4 heterocycles. The maximum absolute atomic E-state index is 2.70. The van der Waals surface area contributed by atoms with E-state index in [0.717, 1.165) is 78.8 Å². The molecule has 0 bridgehead atoms. The number of aromatic nitrogens is 2. The third-order valence-electron chi connectivity index (χ3n) is 22.4. The molecule has 0 spiro atoms. The summed E-state index contributed by atoms with van der Waals surface area (Å²) in [5, 5.41) is 4.80. The molecule has 5 heteroatoms. The highest BCUT2D eigenvalue weighted by atomic mass is 15.2. The zero-order valence-corrected chi connectivity index (χ0v) is 62.3. The van der Waals surface area contributed by atoms with Crippen molar-refractivity contribution in [3.05, 3.63) is 332 Å².